The van der Waals surface area contributed by atoms with Gasteiger partial charge in [0.2, 0.25) is 5.78 Å². The maximum Gasteiger partial charge on any atom is 0.201 e. The maximum absolute atomic E-state index is 13.1. The third-order valence-electron chi connectivity index (χ3n) is 5.61. The van der Waals surface area contributed by atoms with Crippen LogP contribution < -0.4 is 0 Å². The topological polar surface area (TPSA) is 121 Å². The summed E-state index contributed by atoms with van der Waals surface area (Å²) in [5.74, 6) is -2.54. The highest BCUT2D eigenvalue weighted by Crippen LogP contribution is 2.47. The second kappa shape index (κ2) is 7.24. The fourth-order valence-corrected chi connectivity index (χ4v) is 4.05. The Bertz CT molecular complexity index is 966. The second-order valence-corrected chi connectivity index (χ2v) is 6.96. The standard InChI is InChI=1S/C21H22O7/c1-4-11-15(9(2)28-3)21(27)17-16(18(11)24)20(26)13-7-10(14(23)8-22)5-6-12(13)19(17)25/h4,10,22,25-26H,5-8H2,1-3H3/b11-4+,15-9-/t10-/m0/s1. The molecule has 0 heterocycles. The number of methoxy groups -OCH3 is 1. The Morgan fingerprint density at radius 1 is 1.14 bits per heavy atom. The van der Waals surface area contributed by atoms with Gasteiger partial charge in [-0.25, -0.2) is 0 Å². The molecule has 0 amide bonds. The highest BCUT2D eigenvalue weighted by molar-refractivity contribution is 6.33. The van der Waals surface area contributed by atoms with Gasteiger partial charge in [0.15, 0.2) is 11.6 Å². The lowest BCUT2D eigenvalue weighted by molar-refractivity contribution is -0.125. The number of hydrogen-bond donors (Lipinski definition) is 3. The van der Waals surface area contributed by atoms with E-state index in [0.29, 0.717) is 12.0 Å². The van der Waals surface area contributed by atoms with Crippen LogP contribution in [0.2, 0.25) is 0 Å². The van der Waals surface area contributed by atoms with Crippen molar-refractivity contribution in [2.75, 3.05) is 13.7 Å². The minimum Gasteiger partial charge on any atom is -0.507 e. The normalized spacial score (nSPS) is 22.0. The van der Waals surface area contributed by atoms with Crippen molar-refractivity contribution in [1.82, 2.24) is 0 Å². The molecule has 7 nitrogen and oxygen atoms in total. The number of rotatable bonds is 3. The molecule has 0 saturated heterocycles. The zero-order valence-corrected chi connectivity index (χ0v) is 16.0. The van der Waals surface area contributed by atoms with Crippen molar-refractivity contribution in [2.24, 2.45) is 5.92 Å². The van der Waals surface area contributed by atoms with Crippen LogP contribution in [0.5, 0.6) is 11.5 Å². The summed E-state index contributed by atoms with van der Waals surface area (Å²) in [5, 5.41) is 30.7. The number of ether oxygens (including phenoxy) is 1. The number of phenols is 2. The molecule has 0 saturated carbocycles. The molecule has 1 aromatic rings. The van der Waals surface area contributed by atoms with Crippen LogP contribution in [0.25, 0.3) is 0 Å². The van der Waals surface area contributed by atoms with Gasteiger partial charge in [-0.2, -0.15) is 0 Å². The van der Waals surface area contributed by atoms with Gasteiger partial charge < -0.3 is 20.1 Å². The first-order valence-electron chi connectivity index (χ1n) is 9.02. The van der Waals surface area contributed by atoms with Crippen LogP contribution in [0, 0.1) is 5.92 Å². The van der Waals surface area contributed by atoms with E-state index < -0.39 is 24.1 Å². The fourth-order valence-electron chi connectivity index (χ4n) is 4.05. The van der Waals surface area contributed by atoms with Crippen LogP contribution in [0.4, 0.5) is 0 Å². The summed E-state index contributed by atoms with van der Waals surface area (Å²) in [4.78, 5) is 38.1. The van der Waals surface area contributed by atoms with E-state index >= 15 is 0 Å². The fraction of sp³-hybridized carbons (Fsp3) is 0.381. The van der Waals surface area contributed by atoms with Crippen molar-refractivity contribution in [1.29, 1.82) is 0 Å². The van der Waals surface area contributed by atoms with E-state index in [2.05, 4.69) is 0 Å². The largest absolute Gasteiger partial charge is 0.507 e. The van der Waals surface area contributed by atoms with Gasteiger partial charge in [0, 0.05) is 22.6 Å². The number of allylic oxidation sites excluding steroid dienone is 4. The number of aliphatic hydroxyl groups is 1. The van der Waals surface area contributed by atoms with E-state index in [4.69, 9.17) is 9.84 Å². The molecule has 3 N–H and O–H groups in total. The number of aliphatic hydroxyl groups excluding tert-OH is 1. The Labute approximate surface area is 161 Å². The summed E-state index contributed by atoms with van der Waals surface area (Å²) in [6.45, 7) is 2.54. The summed E-state index contributed by atoms with van der Waals surface area (Å²) in [6, 6.07) is 0. The lowest BCUT2D eigenvalue weighted by atomic mass is 9.74. The number of aromatic hydroxyl groups is 2. The monoisotopic (exact) mass is 386 g/mol. The van der Waals surface area contributed by atoms with Crippen molar-refractivity contribution in [3.8, 4) is 11.5 Å². The molecule has 148 valence electrons. The highest BCUT2D eigenvalue weighted by atomic mass is 16.5. The van der Waals surface area contributed by atoms with E-state index in [9.17, 15) is 24.6 Å². The van der Waals surface area contributed by atoms with Gasteiger partial charge in [-0.3, -0.25) is 14.4 Å². The quantitative estimate of drug-likeness (QED) is 0.413. The minimum absolute atomic E-state index is 0.0568. The third kappa shape index (κ3) is 2.74. The summed E-state index contributed by atoms with van der Waals surface area (Å²) in [5.41, 5.74) is 0.301. The number of fused-ring (bicyclic) bond motifs is 2. The van der Waals surface area contributed by atoms with Crippen LogP contribution in [-0.4, -0.2) is 46.4 Å². The highest BCUT2D eigenvalue weighted by Gasteiger charge is 2.42. The van der Waals surface area contributed by atoms with E-state index in [1.165, 1.54) is 13.2 Å². The average Bonchev–Trinajstić information content (AvgIpc) is 2.71. The molecule has 0 aromatic heterocycles. The van der Waals surface area contributed by atoms with Crippen LogP contribution in [0.3, 0.4) is 0 Å². The number of carbonyl (C=O) groups is 3. The van der Waals surface area contributed by atoms with Crippen LogP contribution in [0.1, 0.15) is 52.1 Å². The Kier molecular flexibility index (Phi) is 5.12. The Hall–Kier alpha value is -2.93. The molecule has 0 spiro atoms. The average molecular weight is 386 g/mol. The maximum atomic E-state index is 13.1. The van der Waals surface area contributed by atoms with Gasteiger partial charge in [0.1, 0.15) is 23.9 Å². The molecule has 0 fully saturated rings. The molecule has 1 aromatic carbocycles. The SMILES string of the molecule is C/C=C1/C(=O)c2c(O)c3c(c(O)c2C(=O)/C1=C(/C)OC)CC[C@H](C(=O)CO)C3. The van der Waals surface area contributed by atoms with Crippen molar-refractivity contribution in [3.05, 3.63) is 45.2 Å². The predicted molar refractivity (Wildman–Crippen MR) is 99.5 cm³/mol. The second-order valence-electron chi connectivity index (χ2n) is 6.96. The zero-order valence-electron chi connectivity index (χ0n) is 16.0. The lowest BCUT2D eigenvalue weighted by Crippen LogP contribution is -2.29. The zero-order chi connectivity index (χ0) is 20.7. The Morgan fingerprint density at radius 3 is 2.32 bits per heavy atom. The van der Waals surface area contributed by atoms with Crippen molar-refractivity contribution >= 4 is 17.3 Å². The summed E-state index contributed by atoms with van der Waals surface area (Å²) >= 11 is 0. The van der Waals surface area contributed by atoms with Crippen molar-refractivity contribution in [3.63, 3.8) is 0 Å². The number of benzene rings is 1. The number of Topliss-reactive ketones (excluding diaryl/α,β-unsaturated/α-hetero) is 3. The number of carbonyl (C=O) groups excluding carboxylic acids is 3. The molecular weight excluding hydrogens is 364 g/mol. The van der Waals surface area contributed by atoms with Gasteiger partial charge in [-0.05, 0) is 33.1 Å². The van der Waals surface area contributed by atoms with Crippen molar-refractivity contribution in [2.45, 2.75) is 33.1 Å². The first-order valence-corrected chi connectivity index (χ1v) is 9.02. The molecular formula is C21H22O7. The molecule has 0 radical (unpaired) electrons. The van der Waals surface area contributed by atoms with Crippen molar-refractivity contribution < 1.29 is 34.4 Å². The Balaban J connectivity index is 2.29. The molecule has 2 aliphatic carbocycles. The minimum atomic E-state index is -0.609. The molecule has 0 bridgehead atoms. The summed E-state index contributed by atoms with van der Waals surface area (Å²) in [6.07, 6.45) is 2.18. The smallest absolute Gasteiger partial charge is 0.201 e. The molecule has 0 aliphatic heterocycles. The molecule has 1 atom stereocenters. The van der Waals surface area contributed by atoms with Gasteiger partial charge in [-0.15, -0.1) is 0 Å². The van der Waals surface area contributed by atoms with E-state index in [-0.39, 0.29) is 63.7 Å². The number of hydrogen-bond acceptors (Lipinski definition) is 7. The molecule has 7 heteroatoms. The van der Waals surface area contributed by atoms with Gasteiger partial charge >= 0.3 is 0 Å². The lowest BCUT2D eigenvalue weighted by Gasteiger charge is -2.29. The third-order valence-corrected chi connectivity index (χ3v) is 5.61. The molecule has 3 rings (SSSR count). The first-order chi connectivity index (χ1) is 13.3. The predicted octanol–water partition coefficient (Wildman–Crippen LogP) is 2.01. The van der Waals surface area contributed by atoms with E-state index in [1.807, 2.05) is 0 Å². The summed E-state index contributed by atoms with van der Waals surface area (Å²) < 4.78 is 5.15. The van der Waals surface area contributed by atoms with Gasteiger partial charge in [0.05, 0.1) is 23.8 Å². The van der Waals surface area contributed by atoms with Crippen LogP contribution >= 0.6 is 0 Å². The van der Waals surface area contributed by atoms with Crippen LogP contribution in [0.15, 0.2) is 23.0 Å². The van der Waals surface area contributed by atoms with Gasteiger partial charge in [0.25, 0.3) is 0 Å². The van der Waals surface area contributed by atoms with E-state index in [1.54, 1.807) is 13.8 Å². The number of phenolic OH excluding ortho intramolecular Hbond substituents is 2. The van der Waals surface area contributed by atoms with E-state index in [0.717, 1.165) is 0 Å². The van der Waals surface area contributed by atoms with Crippen LogP contribution in [-0.2, 0) is 22.4 Å². The Morgan fingerprint density at radius 2 is 1.75 bits per heavy atom. The van der Waals surface area contributed by atoms with Gasteiger partial charge in [-0.1, -0.05) is 6.08 Å². The molecule has 2 aliphatic rings. The first kappa shape index (κ1) is 19.8. The molecule has 28 heavy (non-hydrogen) atoms. The molecule has 0 unspecified atom stereocenters. The summed E-state index contributed by atoms with van der Waals surface area (Å²) in [7, 11) is 1.38. The number of ketones is 3.